The maximum absolute atomic E-state index is 11.8. The predicted octanol–water partition coefficient (Wildman–Crippen LogP) is 2.06. The minimum Gasteiger partial charge on any atom is -0.398 e. The first-order valence-corrected chi connectivity index (χ1v) is 7.75. The SMILES string of the molecule is Cc1ccc(NC(=O)COCC(=O)Nc2ccc(C)c(N)c2)cc1N. The molecule has 25 heavy (non-hydrogen) atoms. The normalized spacial score (nSPS) is 10.3. The second-order valence-corrected chi connectivity index (χ2v) is 5.73. The number of carbonyl (C=O) groups is 2. The molecule has 2 rings (SSSR count). The summed E-state index contributed by atoms with van der Waals surface area (Å²) >= 11 is 0. The lowest BCUT2D eigenvalue weighted by Crippen LogP contribution is -2.24. The van der Waals surface area contributed by atoms with Gasteiger partial charge in [0.1, 0.15) is 13.2 Å². The number of amides is 2. The van der Waals surface area contributed by atoms with E-state index in [0.29, 0.717) is 22.7 Å². The first kappa shape index (κ1) is 18.3. The van der Waals surface area contributed by atoms with Crippen LogP contribution in [-0.2, 0) is 14.3 Å². The molecule has 0 saturated carbocycles. The molecule has 0 saturated heterocycles. The second-order valence-electron chi connectivity index (χ2n) is 5.73. The summed E-state index contributed by atoms with van der Waals surface area (Å²) in [5.74, 6) is -0.730. The van der Waals surface area contributed by atoms with Gasteiger partial charge in [0.15, 0.2) is 0 Å². The van der Waals surface area contributed by atoms with E-state index in [-0.39, 0.29) is 25.0 Å². The zero-order valence-corrected chi connectivity index (χ0v) is 14.3. The van der Waals surface area contributed by atoms with Gasteiger partial charge in [-0.2, -0.15) is 0 Å². The Morgan fingerprint density at radius 1 is 0.840 bits per heavy atom. The van der Waals surface area contributed by atoms with Gasteiger partial charge in [0.2, 0.25) is 11.8 Å². The molecule has 7 nitrogen and oxygen atoms in total. The van der Waals surface area contributed by atoms with Crippen LogP contribution in [0.3, 0.4) is 0 Å². The van der Waals surface area contributed by atoms with Crippen molar-refractivity contribution in [3.63, 3.8) is 0 Å². The molecule has 2 aromatic carbocycles. The quantitative estimate of drug-likeness (QED) is 0.599. The number of anilines is 4. The fourth-order valence-corrected chi connectivity index (χ4v) is 2.07. The Bertz CT molecular complexity index is 724. The van der Waals surface area contributed by atoms with Crippen LogP contribution in [-0.4, -0.2) is 25.0 Å². The van der Waals surface area contributed by atoms with Crippen molar-refractivity contribution in [3.05, 3.63) is 47.5 Å². The number of hydrogen-bond donors (Lipinski definition) is 4. The molecule has 6 N–H and O–H groups in total. The van der Waals surface area contributed by atoms with Crippen LogP contribution in [0.25, 0.3) is 0 Å². The van der Waals surface area contributed by atoms with Crippen molar-refractivity contribution >= 4 is 34.6 Å². The Morgan fingerprint density at radius 3 is 1.60 bits per heavy atom. The molecule has 0 aromatic heterocycles. The molecule has 0 aliphatic carbocycles. The molecule has 0 bridgehead atoms. The summed E-state index contributed by atoms with van der Waals surface area (Å²) in [5, 5.41) is 5.31. The van der Waals surface area contributed by atoms with E-state index in [9.17, 15) is 9.59 Å². The summed E-state index contributed by atoms with van der Waals surface area (Å²) in [6, 6.07) is 10.5. The van der Waals surface area contributed by atoms with E-state index in [1.807, 2.05) is 26.0 Å². The molecule has 0 heterocycles. The highest BCUT2D eigenvalue weighted by Gasteiger charge is 2.07. The largest absolute Gasteiger partial charge is 0.398 e. The van der Waals surface area contributed by atoms with Gasteiger partial charge in [-0.3, -0.25) is 9.59 Å². The molecule has 132 valence electrons. The van der Waals surface area contributed by atoms with Gasteiger partial charge in [-0.1, -0.05) is 12.1 Å². The number of aryl methyl sites for hydroxylation is 2. The van der Waals surface area contributed by atoms with Gasteiger partial charge >= 0.3 is 0 Å². The van der Waals surface area contributed by atoms with E-state index < -0.39 is 0 Å². The fourth-order valence-electron chi connectivity index (χ4n) is 2.07. The standard InChI is InChI=1S/C18H22N4O3/c1-11-3-5-13(7-15(11)19)21-17(23)9-25-10-18(24)22-14-6-4-12(2)16(20)8-14/h3-8H,9-10,19-20H2,1-2H3,(H,21,23)(H,22,24). The van der Waals surface area contributed by atoms with Gasteiger partial charge in [0.25, 0.3) is 0 Å². The van der Waals surface area contributed by atoms with Gasteiger partial charge in [0.05, 0.1) is 0 Å². The zero-order valence-electron chi connectivity index (χ0n) is 14.3. The average molecular weight is 342 g/mol. The molecular formula is C18H22N4O3. The summed E-state index contributed by atoms with van der Waals surface area (Å²) in [6.07, 6.45) is 0. The van der Waals surface area contributed by atoms with Crippen LogP contribution < -0.4 is 22.1 Å². The van der Waals surface area contributed by atoms with Crippen LogP contribution in [0.2, 0.25) is 0 Å². The number of carbonyl (C=O) groups excluding carboxylic acids is 2. The van der Waals surface area contributed by atoms with E-state index in [0.717, 1.165) is 11.1 Å². The molecule has 0 aliphatic rings. The number of nitrogens with one attached hydrogen (secondary N) is 2. The molecule has 0 fully saturated rings. The van der Waals surface area contributed by atoms with Crippen LogP contribution in [0.5, 0.6) is 0 Å². The van der Waals surface area contributed by atoms with Crippen molar-refractivity contribution in [3.8, 4) is 0 Å². The molecule has 0 atom stereocenters. The Hall–Kier alpha value is -3.06. The summed E-state index contributed by atoms with van der Waals surface area (Å²) < 4.78 is 5.12. The molecule has 0 spiro atoms. The van der Waals surface area contributed by atoms with Crippen LogP contribution in [0.15, 0.2) is 36.4 Å². The van der Waals surface area contributed by atoms with Crippen LogP contribution in [0, 0.1) is 13.8 Å². The number of nitrogen functional groups attached to an aromatic ring is 2. The summed E-state index contributed by atoms with van der Waals surface area (Å²) in [5.41, 5.74) is 15.8. The van der Waals surface area contributed by atoms with Crippen molar-refractivity contribution in [1.29, 1.82) is 0 Å². The number of ether oxygens (including phenoxy) is 1. The van der Waals surface area contributed by atoms with E-state index in [1.165, 1.54) is 0 Å². The Kier molecular flexibility index (Phi) is 5.97. The maximum atomic E-state index is 11.8. The van der Waals surface area contributed by atoms with Gasteiger partial charge in [-0.15, -0.1) is 0 Å². The topological polar surface area (TPSA) is 119 Å². The second kappa shape index (κ2) is 8.16. The zero-order chi connectivity index (χ0) is 18.4. The first-order valence-electron chi connectivity index (χ1n) is 7.75. The molecule has 2 amide bonds. The lowest BCUT2D eigenvalue weighted by molar-refractivity contribution is -0.125. The molecule has 0 radical (unpaired) electrons. The lowest BCUT2D eigenvalue weighted by atomic mass is 10.2. The monoisotopic (exact) mass is 342 g/mol. The third-order valence-corrected chi connectivity index (χ3v) is 3.59. The third-order valence-electron chi connectivity index (χ3n) is 3.59. The summed E-state index contributed by atoms with van der Waals surface area (Å²) in [6.45, 7) is 3.28. The number of hydrogen-bond acceptors (Lipinski definition) is 5. The first-order chi connectivity index (χ1) is 11.8. The van der Waals surface area contributed by atoms with Crippen molar-refractivity contribution in [2.75, 3.05) is 35.3 Å². The van der Waals surface area contributed by atoms with E-state index in [2.05, 4.69) is 10.6 Å². The van der Waals surface area contributed by atoms with Crippen LogP contribution in [0.1, 0.15) is 11.1 Å². The smallest absolute Gasteiger partial charge is 0.250 e. The summed E-state index contributed by atoms with van der Waals surface area (Å²) in [7, 11) is 0. The van der Waals surface area contributed by atoms with Crippen LogP contribution in [0.4, 0.5) is 22.7 Å². The van der Waals surface area contributed by atoms with E-state index in [1.54, 1.807) is 24.3 Å². The third kappa shape index (κ3) is 5.50. The Balaban J connectivity index is 1.75. The molecule has 0 aliphatic heterocycles. The van der Waals surface area contributed by atoms with Crippen molar-refractivity contribution in [2.24, 2.45) is 0 Å². The van der Waals surface area contributed by atoms with Gasteiger partial charge in [-0.05, 0) is 49.2 Å². The van der Waals surface area contributed by atoms with Gasteiger partial charge in [0, 0.05) is 22.7 Å². The van der Waals surface area contributed by atoms with Gasteiger partial charge in [-0.25, -0.2) is 0 Å². The number of nitrogens with two attached hydrogens (primary N) is 2. The van der Waals surface area contributed by atoms with E-state index in [4.69, 9.17) is 16.2 Å². The van der Waals surface area contributed by atoms with Crippen LogP contribution >= 0.6 is 0 Å². The number of rotatable bonds is 6. The highest BCUT2D eigenvalue weighted by atomic mass is 16.5. The van der Waals surface area contributed by atoms with Crippen molar-refractivity contribution in [2.45, 2.75) is 13.8 Å². The Morgan fingerprint density at radius 2 is 1.24 bits per heavy atom. The molecule has 2 aromatic rings. The van der Waals surface area contributed by atoms with Crippen molar-refractivity contribution < 1.29 is 14.3 Å². The minimum atomic E-state index is -0.365. The molecule has 7 heteroatoms. The average Bonchev–Trinajstić information content (AvgIpc) is 2.54. The minimum absolute atomic E-state index is 0.239. The fraction of sp³-hybridized carbons (Fsp3) is 0.222. The summed E-state index contributed by atoms with van der Waals surface area (Å²) in [4.78, 5) is 23.6. The predicted molar refractivity (Wildman–Crippen MR) is 99.3 cm³/mol. The van der Waals surface area contributed by atoms with Gasteiger partial charge < -0.3 is 26.8 Å². The Labute approximate surface area is 146 Å². The molecular weight excluding hydrogens is 320 g/mol. The highest BCUT2D eigenvalue weighted by molar-refractivity contribution is 5.94. The van der Waals surface area contributed by atoms with Crippen molar-refractivity contribution in [1.82, 2.24) is 0 Å². The highest BCUT2D eigenvalue weighted by Crippen LogP contribution is 2.17. The number of benzene rings is 2. The lowest BCUT2D eigenvalue weighted by Gasteiger charge is -2.09. The molecule has 0 unspecified atom stereocenters. The van der Waals surface area contributed by atoms with E-state index >= 15 is 0 Å². The maximum Gasteiger partial charge on any atom is 0.250 e.